The lowest BCUT2D eigenvalue weighted by Gasteiger charge is -2.20. The van der Waals surface area contributed by atoms with E-state index in [1.165, 1.54) is 6.20 Å². The summed E-state index contributed by atoms with van der Waals surface area (Å²) in [6.07, 6.45) is 1.17. The van der Waals surface area contributed by atoms with E-state index in [1.54, 1.807) is 0 Å². The van der Waals surface area contributed by atoms with E-state index in [-0.39, 0.29) is 5.82 Å². The predicted molar refractivity (Wildman–Crippen MR) is 67.8 cm³/mol. The minimum Gasteiger partial charge on any atom is -0.366 e. The van der Waals surface area contributed by atoms with Gasteiger partial charge in [-0.25, -0.2) is 9.37 Å². The number of halogens is 1. The molecule has 1 unspecified atom stereocenters. The summed E-state index contributed by atoms with van der Waals surface area (Å²) >= 11 is 0. The van der Waals surface area contributed by atoms with Gasteiger partial charge in [0.15, 0.2) is 11.6 Å². The lowest BCUT2D eigenvalue weighted by Crippen LogP contribution is -2.32. The zero-order valence-corrected chi connectivity index (χ0v) is 10.8. The molecule has 0 aliphatic rings. The molecule has 0 spiro atoms. The number of likely N-dealkylation sites (N-methyl/N-ethyl adjacent to an activating group) is 1. The Morgan fingerprint density at radius 3 is 2.71 bits per heavy atom. The van der Waals surface area contributed by atoms with Crippen molar-refractivity contribution in [2.24, 2.45) is 0 Å². The number of rotatable bonds is 6. The van der Waals surface area contributed by atoms with Gasteiger partial charge in [-0.05, 0) is 27.9 Å². The number of hydrogen-bond donors (Lipinski definition) is 2. The summed E-state index contributed by atoms with van der Waals surface area (Å²) in [5.41, 5.74) is 0. The monoisotopic (exact) mass is 241 g/mol. The fraction of sp³-hybridized carbons (Fsp3) is 0.636. The van der Waals surface area contributed by atoms with E-state index in [2.05, 4.69) is 32.4 Å². The van der Waals surface area contributed by atoms with Crippen LogP contribution in [0.15, 0.2) is 6.20 Å². The average Bonchev–Trinajstić information content (AvgIpc) is 2.29. The van der Waals surface area contributed by atoms with Crippen LogP contribution >= 0.6 is 0 Å². The molecule has 0 radical (unpaired) electrons. The van der Waals surface area contributed by atoms with Crippen LogP contribution in [0.4, 0.5) is 16.2 Å². The Morgan fingerprint density at radius 2 is 2.12 bits per heavy atom. The Morgan fingerprint density at radius 1 is 1.41 bits per heavy atom. The molecule has 0 aliphatic heterocycles. The van der Waals surface area contributed by atoms with Crippen LogP contribution in [0.3, 0.4) is 0 Å². The second kappa shape index (κ2) is 6.34. The molecule has 0 saturated heterocycles. The Balaban J connectivity index is 2.66. The summed E-state index contributed by atoms with van der Waals surface area (Å²) < 4.78 is 13.4. The van der Waals surface area contributed by atoms with Crippen LogP contribution in [0, 0.1) is 5.82 Å². The third-order valence-electron chi connectivity index (χ3n) is 2.53. The maximum Gasteiger partial charge on any atom is 0.224 e. The molecule has 2 N–H and O–H groups in total. The molecular formula is C11H20FN5. The van der Waals surface area contributed by atoms with E-state index >= 15 is 0 Å². The summed E-state index contributed by atoms with van der Waals surface area (Å²) in [4.78, 5) is 9.96. The van der Waals surface area contributed by atoms with Crippen molar-refractivity contribution in [3.05, 3.63) is 12.0 Å². The van der Waals surface area contributed by atoms with Gasteiger partial charge >= 0.3 is 0 Å². The van der Waals surface area contributed by atoms with Crippen molar-refractivity contribution in [1.82, 2.24) is 14.9 Å². The molecule has 0 saturated carbocycles. The van der Waals surface area contributed by atoms with Gasteiger partial charge in [-0.15, -0.1) is 0 Å². The van der Waals surface area contributed by atoms with E-state index in [4.69, 9.17) is 0 Å². The van der Waals surface area contributed by atoms with Gasteiger partial charge in [-0.1, -0.05) is 0 Å². The first kappa shape index (κ1) is 13.6. The number of nitrogens with zero attached hydrogens (tertiary/aromatic N) is 3. The fourth-order valence-corrected chi connectivity index (χ4v) is 1.16. The molecule has 1 rings (SSSR count). The van der Waals surface area contributed by atoms with Crippen LogP contribution in [0.25, 0.3) is 0 Å². The van der Waals surface area contributed by atoms with Gasteiger partial charge in [0.25, 0.3) is 0 Å². The average molecular weight is 241 g/mol. The van der Waals surface area contributed by atoms with Gasteiger partial charge in [-0.3, -0.25) is 0 Å². The lowest BCUT2D eigenvalue weighted by molar-refractivity contribution is 0.325. The Bertz CT molecular complexity index is 356. The molecule has 0 fully saturated rings. The standard InChI is InChI=1S/C11H20FN5/c1-5-13-11-15-7-9(12)10(16-11)14-6-8(2)17(3)4/h7-8H,5-6H2,1-4H3,(H2,13,14,15,16). The van der Waals surface area contributed by atoms with Crippen LogP contribution < -0.4 is 10.6 Å². The van der Waals surface area contributed by atoms with Crippen molar-refractivity contribution < 1.29 is 4.39 Å². The van der Waals surface area contributed by atoms with Gasteiger partial charge in [0.05, 0.1) is 6.20 Å². The summed E-state index contributed by atoms with van der Waals surface area (Å²) in [6.45, 7) is 5.33. The van der Waals surface area contributed by atoms with Crippen molar-refractivity contribution in [2.75, 3.05) is 37.8 Å². The number of nitrogens with one attached hydrogen (secondary N) is 2. The summed E-state index contributed by atoms with van der Waals surface area (Å²) in [6, 6.07) is 0.298. The van der Waals surface area contributed by atoms with E-state index < -0.39 is 5.82 Å². The molecule has 0 amide bonds. The zero-order chi connectivity index (χ0) is 12.8. The molecule has 6 heteroatoms. The maximum absolute atomic E-state index is 13.4. The molecule has 0 bridgehead atoms. The Labute approximate surface area is 101 Å². The van der Waals surface area contributed by atoms with Gasteiger partial charge in [-0.2, -0.15) is 4.98 Å². The molecule has 1 atom stereocenters. The zero-order valence-electron chi connectivity index (χ0n) is 10.8. The van der Waals surface area contributed by atoms with Crippen molar-refractivity contribution in [2.45, 2.75) is 19.9 Å². The van der Waals surface area contributed by atoms with Gasteiger partial charge in [0, 0.05) is 19.1 Å². The molecule has 5 nitrogen and oxygen atoms in total. The van der Waals surface area contributed by atoms with Crippen LogP contribution in [0.2, 0.25) is 0 Å². The van der Waals surface area contributed by atoms with Gasteiger partial charge in [0.2, 0.25) is 5.95 Å². The van der Waals surface area contributed by atoms with Crippen molar-refractivity contribution in [1.29, 1.82) is 0 Å². The number of aromatic nitrogens is 2. The van der Waals surface area contributed by atoms with Crippen LogP contribution in [0.5, 0.6) is 0 Å². The maximum atomic E-state index is 13.4. The second-order valence-corrected chi connectivity index (χ2v) is 4.11. The Kier molecular flexibility index (Phi) is 5.09. The topological polar surface area (TPSA) is 53.1 Å². The van der Waals surface area contributed by atoms with Gasteiger partial charge in [0.1, 0.15) is 0 Å². The molecule has 0 aliphatic carbocycles. The highest BCUT2D eigenvalue weighted by molar-refractivity contribution is 5.41. The van der Waals surface area contributed by atoms with E-state index in [0.29, 0.717) is 25.1 Å². The third kappa shape index (κ3) is 4.14. The molecule has 1 heterocycles. The molecule has 96 valence electrons. The lowest BCUT2D eigenvalue weighted by atomic mass is 10.3. The smallest absolute Gasteiger partial charge is 0.224 e. The van der Waals surface area contributed by atoms with Gasteiger partial charge < -0.3 is 15.5 Å². The van der Waals surface area contributed by atoms with Crippen LogP contribution in [0.1, 0.15) is 13.8 Å². The van der Waals surface area contributed by atoms with Crippen molar-refractivity contribution >= 4 is 11.8 Å². The van der Waals surface area contributed by atoms with Crippen molar-refractivity contribution in [3.63, 3.8) is 0 Å². The molecule has 0 aromatic carbocycles. The summed E-state index contributed by atoms with van der Waals surface area (Å²) in [5, 5.41) is 5.93. The summed E-state index contributed by atoms with van der Waals surface area (Å²) in [7, 11) is 3.96. The van der Waals surface area contributed by atoms with E-state index in [1.807, 2.05) is 21.0 Å². The van der Waals surface area contributed by atoms with Crippen LogP contribution in [-0.4, -0.2) is 48.1 Å². The second-order valence-electron chi connectivity index (χ2n) is 4.11. The highest BCUT2D eigenvalue weighted by Gasteiger charge is 2.09. The molecule has 1 aromatic heterocycles. The highest BCUT2D eigenvalue weighted by atomic mass is 19.1. The first-order valence-corrected chi connectivity index (χ1v) is 5.71. The molecular weight excluding hydrogens is 221 g/mol. The number of anilines is 2. The third-order valence-corrected chi connectivity index (χ3v) is 2.53. The normalized spacial score (nSPS) is 12.6. The largest absolute Gasteiger partial charge is 0.366 e. The quantitative estimate of drug-likeness (QED) is 0.788. The van der Waals surface area contributed by atoms with E-state index in [9.17, 15) is 4.39 Å². The first-order valence-electron chi connectivity index (χ1n) is 5.71. The fourth-order valence-electron chi connectivity index (χ4n) is 1.16. The van der Waals surface area contributed by atoms with Crippen LogP contribution in [-0.2, 0) is 0 Å². The van der Waals surface area contributed by atoms with E-state index in [0.717, 1.165) is 0 Å². The minimum absolute atomic E-state index is 0.240. The first-order chi connectivity index (χ1) is 8.04. The SMILES string of the molecule is CCNc1ncc(F)c(NCC(C)N(C)C)n1. The molecule has 1 aromatic rings. The Hall–Kier alpha value is -1.43. The highest BCUT2D eigenvalue weighted by Crippen LogP contribution is 2.11. The van der Waals surface area contributed by atoms with Crippen molar-refractivity contribution in [3.8, 4) is 0 Å². The minimum atomic E-state index is -0.433. The number of hydrogen-bond acceptors (Lipinski definition) is 5. The predicted octanol–water partition coefficient (Wildman–Crippen LogP) is 1.41. The molecule has 17 heavy (non-hydrogen) atoms. The summed E-state index contributed by atoms with van der Waals surface area (Å²) in [5.74, 6) is 0.246.